The average Bonchev–Trinajstić information content (AvgIpc) is 2.09. The lowest BCUT2D eigenvalue weighted by molar-refractivity contribution is 0.396. The summed E-state index contributed by atoms with van der Waals surface area (Å²) in [6.07, 6.45) is 0. The van der Waals surface area contributed by atoms with E-state index in [0.29, 0.717) is 0 Å². The molecular weight excluding hydrogens is 263 g/mol. The molecule has 0 radical (unpaired) electrons. The Hall–Kier alpha value is -0.460. The van der Waals surface area contributed by atoms with E-state index < -0.39 is 15.9 Å². The van der Waals surface area contributed by atoms with Crippen LogP contribution in [0.4, 0.5) is 4.39 Å². The third kappa shape index (κ3) is 2.07. The van der Waals surface area contributed by atoms with E-state index in [9.17, 15) is 12.8 Å². The highest BCUT2D eigenvalue weighted by Crippen LogP contribution is 2.25. The van der Waals surface area contributed by atoms with Gasteiger partial charge >= 0.3 is 0 Å². The summed E-state index contributed by atoms with van der Waals surface area (Å²) in [7, 11) is -2.82. The summed E-state index contributed by atoms with van der Waals surface area (Å²) in [6, 6.07) is 3.71. The van der Waals surface area contributed by atoms with E-state index in [1.807, 2.05) is 0 Å². The van der Waals surface area contributed by atoms with Gasteiger partial charge in [0.1, 0.15) is 10.7 Å². The van der Waals surface area contributed by atoms with Crippen LogP contribution < -0.4 is 0 Å². The summed E-state index contributed by atoms with van der Waals surface area (Å²) in [4.78, 5) is -0.213. The molecule has 0 amide bonds. The van der Waals surface area contributed by atoms with Gasteiger partial charge in [-0.3, -0.25) is 4.18 Å². The van der Waals surface area contributed by atoms with Crippen molar-refractivity contribution in [2.75, 3.05) is 7.11 Å². The summed E-state index contributed by atoms with van der Waals surface area (Å²) in [5.41, 5.74) is 0. The lowest BCUT2D eigenvalue weighted by Gasteiger charge is -2.03. The number of benzene rings is 1. The van der Waals surface area contributed by atoms with Gasteiger partial charge in [-0.25, -0.2) is 4.39 Å². The topological polar surface area (TPSA) is 43.4 Å². The fourth-order valence-electron chi connectivity index (χ4n) is 0.767. The monoisotopic (exact) mass is 268 g/mol. The third-order valence-electron chi connectivity index (χ3n) is 1.40. The maximum atomic E-state index is 12.9. The molecule has 3 nitrogen and oxygen atoms in total. The van der Waals surface area contributed by atoms with Crippen molar-refractivity contribution in [1.29, 1.82) is 0 Å². The third-order valence-corrected chi connectivity index (χ3v) is 3.79. The molecule has 0 aromatic heterocycles. The molecule has 0 aliphatic rings. The van der Waals surface area contributed by atoms with Crippen LogP contribution in [0.5, 0.6) is 0 Å². The van der Waals surface area contributed by atoms with Crippen LogP contribution in [0.25, 0.3) is 0 Å². The highest BCUT2D eigenvalue weighted by atomic mass is 79.9. The zero-order valence-corrected chi connectivity index (χ0v) is 9.02. The van der Waals surface area contributed by atoms with Gasteiger partial charge in [-0.15, -0.1) is 0 Å². The Kier molecular flexibility index (Phi) is 3.05. The predicted octanol–water partition coefficient (Wildman–Crippen LogP) is 1.92. The van der Waals surface area contributed by atoms with Crippen molar-refractivity contribution in [2.45, 2.75) is 4.90 Å². The van der Waals surface area contributed by atoms with Gasteiger partial charge in [0, 0.05) is 0 Å². The second-order valence-corrected chi connectivity index (χ2v) is 4.65. The highest BCUT2D eigenvalue weighted by molar-refractivity contribution is 9.10. The zero-order chi connectivity index (χ0) is 10.1. The molecule has 0 aliphatic carbocycles. The minimum atomic E-state index is -3.84. The van der Waals surface area contributed by atoms with Crippen LogP contribution in [-0.4, -0.2) is 15.5 Å². The van der Waals surface area contributed by atoms with Crippen molar-refractivity contribution in [1.82, 2.24) is 0 Å². The largest absolute Gasteiger partial charge is 0.297 e. The zero-order valence-electron chi connectivity index (χ0n) is 6.62. The smallest absolute Gasteiger partial charge is 0.270 e. The molecule has 1 rings (SSSR count). The van der Waals surface area contributed by atoms with E-state index in [0.717, 1.165) is 13.2 Å². The molecule has 0 saturated carbocycles. The molecule has 0 fully saturated rings. The lowest BCUT2D eigenvalue weighted by atomic mass is 10.3. The van der Waals surface area contributed by atoms with Gasteiger partial charge in [0.2, 0.25) is 0 Å². The first-order valence-electron chi connectivity index (χ1n) is 3.23. The molecule has 72 valence electrons. The fourth-order valence-corrected chi connectivity index (χ4v) is 2.37. The summed E-state index contributed by atoms with van der Waals surface area (Å²) in [6.45, 7) is 0. The second kappa shape index (κ2) is 3.73. The number of rotatable bonds is 2. The quantitative estimate of drug-likeness (QED) is 0.770. The first-order chi connectivity index (χ1) is 5.99. The maximum Gasteiger partial charge on any atom is 0.297 e. The summed E-state index contributed by atoms with van der Waals surface area (Å²) < 4.78 is 39.3. The van der Waals surface area contributed by atoms with Gasteiger partial charge in [0.15, 0.2) is 0 Å². The SMILES string of the molecule is COS(=O)(=O)c1cccc(F)c1Br. The molecule has 1 aromatic carbocycles. The minimum Gasteiger partial charge on any atom is -0.270 e. The van der Waals surface area contributed by atoms with Crippen molar-refractivity contribution in [2.24, 2.45) is 0 Å². The molecule has 0 heterocycles. The van der Waals surface area contributed by atoms with Crippen molar-refractivity contribution in [3.05, 3.63) is 28.5 Å². The Morgan fingerprint density at radius 1 is 1.46 bits per heavy atom. The Balaban J connectivity index is 3.40. The van der Waals surface area contributed by atoms with Gasteiger partial charge in [0.25, 0.3) is 10.1 Å². The van der Waals surface area contributed by atoms with Gasteiger partial charge in [-0.05, 0) is 28.1 Å². The Morgan fingerprint density at radius 2 is 2.08 bits per heavy atom. The second-order valence-electron chi connectivity index (χ2n) is 2.17. The van der Waals surface area contributed by atoms with E-state index in [4.69, 9.17) is 0 Å². The van der Waals surface area contributed by atoms with E-state index in [1.165, 1.54) is 12.1 Å². The number of hydrogen-bond acceptors (Lipinski definition) is 3. The van der Waals surface area contributed by atoms with Crippen molar-refractivity contribution in [3.63, 3.8) is 0 Å². The molecule has 0 spiro atoms. The normalized spacial score (nSPS) is 11.6. The predicted molar refractivity (Wildman–Crippen MR) is 48.3 cm³/mol. The highest BCUT2D eigenvalue weighted by Gasteiger charge is 2.18. The first-order valence-corrected chi connectivity index (χ1v) is 5.44. The number of hydrogen-bond donors (Lipinski definition) is 0. The summed E-state index contributed by atoms with van der Waals surface area (Å²) in [5.74, 6) is -0.641. The molecule has 13 heavy (non-hydrogen) atoms. The van der Waals surface area contributed by atoms with Crippen LogP contribution in [0.1, 0.15) is 0 Å². The molecule has 0 N–H and O–H groups in total. The van der Waals surface area contributed by atoms with E-state index in [2.05, 4.69) is 20.1 Å². The van der Waals surface area contributed by atoms with Crippen LogP contribution in [0.15, 0.2) is 27.6 Å². The summed E-state index contributed by atoms with van der Waals surface area (Å²) >= 11 is 2.82. The van der Waals surface area contributed by atoms with E-state index in [-0.39, 0.29) is 9.37 Å². The molecule has 6 heteroatoms. The van der Waals surface area contributed by atoms with Crippen molar-refractivity contribution in [3.8, 4) is 0 Å². The van der Waals surface area contributed by atoms with Gasteiger partial charge < -0.3 is 0 Å². The van der Waals surface area contributed by atoms with E-state index >= 15 is 0 Å². The van der Waals surface area contributed by atoms with Gasteiger partial charge in [0.05, 0.1) is 11.6 Å². The van der Waals surface area contributed by atoms with Crippen LogP contribution >= 0.6 is 15.9 Å². The lowest BCUT2D eigenvalue weighted by Crippen LogP contribution is -2.04. The van der Waals surface area contributed by atoms with Crippen molar-refractivity contribution < 1.29 is 17.0 Å². The number of halogens is 2. The maximum absolute atomic E-state index is 12.9. The fraction of sp³-hybridized carbons (Fsp3) is 0.143. The molecule has 0 unspecified atom stereocenters. The van der Waals surface area contributed by atoms with Crippen molar-refractivity contribution >= 4 is 26.0 Å². The standard InChI is InChI=1S/C7H6BrFO3S/c1-12-13(10,11)6-4-2-3-5(9)7(6)8/h2-4H,1H3. The molecule has 0 atom stereocenters. The van der Waals surface area contributed by atoms with Crippen LogP contribution in [0.3, 0.4) is 0 Å². The molecule has 0 bridgehead atoms. The molecule has 1 aromatic rings. The molecule has 0 saturated heterocycles. The van der Waals surface area contributed by atoms with Gasteiger partial charge in [-0.1, -0.05) is 6.07 Å². The van der Waals surface area contributed by atoms with Crippen LogP contribution in [0, 0.1) is 5.82 Å². The van der Waals surface area contributed by atoms with Crippen LogP contribution in [0.2, 0.25) is 0 Å². The molecular formula is C7H6BrFO3S. The Morgan fingerprint density at radius 3 is 2.62 bits per heavy atom. The van der Waals surface area contributed by atoms with E-state index in [1.54, 1.807) is 0 Å². The molecule has 0 aliphatic heterocycles. The Bertz CT molecular complexity index is 416. The summed E-state index contributed by atoms with van der Waals surface area (Å²) in [5, 5.41) is 0. The minimum absolute atomic E-state index is 0.114. The van der Waals surface area contributed by atoms with Gasteiger partial charge in [-0.2, -0.15) is 8.42 Å². The van der Waals surface area contributed by atoms with Crippen LogP contribution in [-0.2, 0) is 14.3 Å². The average molecular weight is 269 g/mol. The first kappa shape index (κ1) is 10.6. The Labute approximate surface area is 83.8 Å².